The van der Waals surface area contributed by atoms with Crippen LogP contribution >= 0.6 is 0 Å². The van der Waals surface area contributed by atoms with E-state index in [0.29, 0.717) is 30.7 Å². The first kappa shape index (κ1) is 22.4. The summed E-state index contributed by atoms with van der Waals surface area (Å²) in [5.74, 6) is 0.344. The van der Waals surface area contributed by atoms with Crippen molar-refractivity contribution < 1.29 is 24.5 Å². The number of rotatable bonds is 7. The van der Waals surface area contributed by atoms with Crippen molar-refractivity contribution in [3.05, 3.63) is 52.4 Å². The number of carbonyl (C=O) groups is 2. The molecule has 3 aliphatic rings. The van der Waals surface area contributed by atoms with Gasteiger partial charge in [-0.3, -0.25) is 9.59 Å². The molecule has 0 aliphatic carbocycles. The maximum Gasteiger partial charge on any atom is 0.303 e. The van der Waals surface area contributed by atoms with Crippen LogP contribution in [0.1, 0.15) is 49.7 Å². The lowest BCUT2D eigenvalue weighted by atomic mass is 9.92. The number of aliphatic imine (C=N–C) groups is 1. The Hall–Kier alpha value is -2.77. The van der Waals surface area contributed by atoms with Crippen molar-refractivity contribution in [1.82, 2.24) is 4.90 Å². The number of hydrogen-bond donors (Lipinski definition) is 2. The molecular weight excluding hydrogens is 408 g/mol. The van der Waals surface area contributed by atoms with Gasteiger partial charge in [0, 0.05) is 37.2 Å². The molecule has 0 radical (unpaired) electrons. The van der Waals surface area contributed by atoms with Gasteiger partial charge in [-0.05, 0) is 62.1 Å². The van der Waals surface area contributed by atoms with Crippen LogP contribution in [-0.2, 0) is 22.4 Å². The van der Waals surface area contributed by atoms with Crippen LogP contribution in [0.5, 0.6) is 5.75 Å². The van der Waals surface area contributed by atoms with Crippen LogP contribution in [0, 0.1) is 0 Å². The molecule has 32 heavy (non-hydrogen) atoms. The third-order valence-electron chi connectivity index (χ3n) is 6.40. The Morgan fingerprint density at radius 2 is 2.06 bits per heavy atom. The van der Waals surface area contributed by atoms with Crippen molar-refractivity contribution in [2.45, 2.75) is 57.5 Å². The third-order valence-corrected chi connectivity index (χ3v) is 6.40. The lowest BCUT2D eigenvalue weighted by Crippen LogP contribution is -2.36. The van der Waals surface area contributed by atoms with E-state index in [1.165, 1.54) is 6.21 Å². The Morgan fingerprint density at radius 3 is 2.84 bits per heavy atom. The summed E-state index contributed by atoms with van der Waals surface area (Å²) in [7, 11) is 0. The summed E-state index contributed by atoms with van der Waals surface area (Å²) in [4.78, 5) is 30.1. The second kappa shape index (κ2) is 10.2. The number of benzene rings is 1. The number of fused-ring (bicyclic) bond motifs is 1. The third kappa shape index (κ3) is 5.34. The van der Waals surface area contributed by atoms with Crippen molar-refractivity contribution in [2.75, 3.05) is 19.6 Å². The Bertz CT molecular complexity index is 971. The zero-order valence-electron chi connectivity index (χ0n) is 18.3. The molecule has 0 spiro atoms. The summed E-state index contributed by atoms with van der Waals surface area (Å²) in [6.07, 6.45) is 8.29. The van der Waals surface area contributed by atoms with Crippen molar-refractivity contribution >= 4 is 18.0 Å². The monoisotopic (exact) mass is 438 g/mol. The van der Waals surface area contributed by atoms with Gasteiger partial charge in [-0.15, -0.1) is 0 Å². The summed E-state index contributed by atoms with van der Waals surface area (Å²) in [5.41, 5.74) is 3.68. The lowest BCUT2D eigenvalue weighted by Gasteiger charge is -2.29. The van der Waals surface area contributed by atoms with Gasteiger partial charge in [-0.2, -0.15) is 0 Å². The number of carboxylic acids is 1. The number of Topliss-reactive ketones (excluding diaryl/α,β-unsaturated/α-hetero) is 1. The predicted octanol–water partition coefficient (Wildman–Crippen LogP) is 3.06. The number of hydrogen-bond acceptors (Lipinski definition) is 6. The zero-order valence-corrected chi connectivity index (χ0v) is 18.3. The number of ether oxygens (including phenoxy) is 1. The number of aliphatic hydroxyl groups is 1. The van der Waals surface area contributed by atoms with Crippen LogP contribution in [-0.4, -0.2) is 58.8 Å². The highest BCUT2D eigenvalue weighted by Gasteiger charge is 2.27. The molecule has 0 amide bonds. The first-order chi connectivity index (χ1) is 15.5. The molecule has 2 N–H and O–H groups in total. The van der Waals surface area contributed by atoms with Gasteiger partial charge in [0.05, 0.1) is 12.3 Å². The van der Waals surface area contributed by atoms with Gasteiger partial charge in [0.1, 0.15) is 5.75 Å². The summed E-state index contributed by atoms with van der Waals surface area (Å²) in [6, 6.07) is 5.85. The number of aliphatic hydroxyl groups excluding tert-OH is 1. The number of carbonyl (C=O) groups excluding carboxylic acids is 1. The van der Waals surface area contributed by atoms with Crippen molar-refractivity contribution in [1.29, 1.82) is 0 Å². The first-order valence-electron chi connectivity index (χ1n) is 11.4. The SMILES string of the molecule is O=C(O)CCCc1cccc2c1CCC1=C(N=CC(=O)C1=CCCN1CCC(O)CC1)O2. The average Bonchev–Trinajstić information content (AvgIpc) is 2.96. The Balaban J connectivity index is 1.46. The van der Waals surface area contributed by atoms with E-state index in [-0.39, 0.29) is 18.3 Å². The normalized spacial score (nSPS) is 20.7. The van der Waals surface area contributed by atoms with Crippen LogP contribution in [0.3, 0.4) is 0 Å². The molecule has 0 bridgehead atoms. The van der Waals surface area contributed by atoms with Gasteiger partial charge in [0.15, 0.2) is 0 Å². The topological polar surface area (TPSA) is 99.4 Å². The molecule has 7 heteroatoms. The first-order valence-corrected chi connectivity index (χ1v) is 11.4. The molecule has 1 aromatic carbocycles. The van der Waals surface area contributed by atoms with E-state index in [4.69, 9.17) is 9.84 Å². The minimum Gasteiger partial charge on any atom is -0.481 e. The van der Waals surface area contributed by atoms with E-state index in [0.717, 1.165) is 67.8 Å². The van der Waals surface area contributed by atoms with E-state index in [9.17, 15) is 14.7 Å². The highest BCUT2D eigenvalue weighted by Crippen LogP contribution is 2.36. The van der Waals surface area contributed by atoms with Crippen LogP contribution in [0.15, 0.2) is 46.3 Å². The maximum atomic E-state index is 12.6. The fraction of sp³-hybridized carbons (Fsp3) is 0.480. The van der Waals surface area contributed by atoms with Crippen molar-refractivity contribution in [3.8, 4) is 5.75 Å². The molecule has 0 unspecified atom stereocenters. The number of carboxylic acid groups (broad SMARTS) is 1. The smallest absolute Gasteiger partial charge is 0.303 e. The lowest BCUT2D eigenvalue weighted by molar-refractivity contribution is -0.137. The summed E-state index contributed by atoms with van der Waals surface area (Å²) in [6.45, 7) is 2.63. The number of aliphatic carboxylic acids is 1. The quantitative estimate of drug-likeness (QED) is 0.635. The molecule has 1 aromatic rings. The molecule has 0 atom stereocenters. The van der Waals surface area contributed by atoms with E-state index in [2.05, 4.69) is 9.89 Å². The van der Waals surface area contributed by atoms with Gasteiger partial charge in [-0.25, -0.2) is 4.99 Å². The molecule has 170 valence electrons. The Labute approximate surface area is 188 Å². The summed E-state index contributed by atoms with van der Waals surface area (Å²) >= 11 is 0. The molecule has 1 saturated heterocycles. The van der Waals surface area contributed by atoms with E-state index in [1.807, 2.05) is 24.3 Å². The van der Waals surface area contributed by atoms with E-state index < -0.39 is 5.97 Å². The van der Waals surface area contributed by atoms with Gasteiger partial charge >= 0.3 is 5.97 Å². The molecule has 7 nitrogen and oxygen atoms in total. The van der Waals surface area contributed by atoms with E-state index >= 15 is 0 Å². The number of likely N-dealkylation sites (tertiary alicyclic amines) is 1. The van der Waals surface area contributed by atoms with Crippen LogP contribution < -0.4 is 4.74 Å². The molecule has 1 fully saturated rings. The molecule has 3 heterocycles. The second-order valence-electron chi connectivity index (χ2n) is 8.63. The van der Waals surface area contributed by atoms with Crippen molar-refractivity contribution in [3.63, 3.8) is 0 Å². The van der Waals surface area contributed by atoms with Gasteiger partial charge in [0.2, 0.25) is 11.7 Å². The number of aryl methyl sites for hydroxylation is 1. The average molecular weight is 439 g/mol. The minimum atomic E-state index is -0.788. The highest BCUT2D eigenvalue weighted by molar-refractivity contribution is 6.37. The van der Waals surface area contributed by atoms with Gasteiger partial charge in [0.25, 0.3) is 0 Å². The highest BCUT2D eigenvalue weighted by atomic mass is 16.5. The predicted molar refractivity (Wildman–Crippen MR) is 121 cm³/mol. The van der Waals surface area contributed by atoms with Gasteiger partial charge < -0.3 is 19.8 Å². The van der Waals surface area contributed by atoms with Crippen molar-refractivity contribution in [2.24, 2.45) is 4.99 Å². The number of piperidine rings is 1. The Kier molecular flexibility index (Phi) is 7.17. The second-order valence-corrected chi connectivity index (χ2v) is 8.63. The number of nitrogens with zero attached hydrogens (tertiary/aromatic N) is 2. The maximum absolute atomic E-state index is 12.6. The number of allylic oxidation sites excluding steroid dienone is 2. The van der Waals surface area contributed by atoms with Crippen LogP contribution in [0.25, 0.3) is 0 Å². The molecule has 3 aliphatic heterocycles. The number of ketones is 1. The largest absolute Gasteiger partial charge is 0.481 e. The summed E-state index contributed by atoms with van der Waals surface area (Å²) in [5, 5.41) is 18.6. The fourth-order valence-corrected chi connectivity index (χ4v) is 4.63. The van der Waals surface area contributed by atoms with Gasteiger partial charge in [-0.1, -0.05) is 18.2 Å². The molecule has 4 rings (SSSR count). The van der Waals surface area contributed by atoms with E-state index in [1.54, 1.807) is 0 Å². The fourth-order valence-electron chi connectivity index (χ4n) is 4.63. The zero-order chi connectivity index (χ0) is 22.5. The molecular formula is C25H30N2O5. The van der Waals surface area contributed by atoms with Crippen LogP contribution in [0.4, 0.5) is 0 Å². The molecule has 0 saturated carbocycles. The molecule has 0 aromatic heterocycles. The Morgan fingerprint density at radius 1 is 1.25 bits per heavy atom. The van der Waals surface area contributed by atoms with Crippen LogP contribution in [0.2, 0.25) is 0 Å². The summed E-state index contributed by atoms with van der Waals surface area (Å²) < 4.78 is 6.15. The standard InChI is InChI=1S/C25H30N2O5/c28-18-11-14-27(15-12-18)13-3-6-20-21-10-9-19-17(5-2-8-24(30)31)4-1-7-23(19)32-25(21)26-16-22(20)29/h1,4,6-7,16,18,28H,2-3,5,8-15H2,(H,30,31). The minimum absolute atomic E-state index is 0.0888.